The van der Waals surface area contributed by atoms with E-state index in [-0.39, 0.29) is 18.4 Å². The Hall–Kier alpha value is -3.55. The number of aliphatic carboxylic acids is 1. The fourth-order valence-corrected chi connectivity index (χ4v) is 3.70. The van der Waals surface area contributed by atoms with Crippen molar-refractivity contribution < 1.29 is 23.8 Å². The maximum atomic E-state index is 13.3. The van der Waals surface area contributed by atoms with Crippen LogP contribution < -0.4 is 4.74 Å². The number of benzene rings is 1. The number of amides is 1. The molecule has 0 spiro atoms. The van der Waals surface area contributed by atoms with Gasteiger partial charge in [0, 0.05) is 30.6 Å². The Balaban J connectivity index is 1.62. The molecule has 3 aromatic rings. The Bertz CT molecular complexity index is 1060. The van der Waals surface area contributed by atoms with Crippen molar-refractivity contribution in [1.82, 2.24) is 15.1 Å². The molecule has 1 amide bonds. The highest BCUT2D eigenvalue weighted by Gasteiger charge is 2.23. The number of carboxylic acid groups (broad SMARTS) is 1. The van der Waals surface area contributed by atoms with Gasteiger partial charge < -0.3 is 19.2 Å². The highest BCUT2D eigenvalue weighted by atomic mass is 16.5. The van der Waals surface area contributed by atoms with Crippen LogP contribution in [0.15, 0.2) is 53.1 Å². The number of hydrogen-bond acceptors (Lipinski definition) is 5. The smallest absolute Gasteiger partial charge is 0.303 e. The largest absolute Gasteiger partial charge is 0.493 e. The number of aromatic nitrogens is 2. The maximum absolute atomic E-state index is 13.3. The molecule has 0 saturated carbocycles. The lowest BCUT2D eigenvalue weighted by molar-refractivity contribution is -0.137. The Morgan fingerprint density at radius 1 is 1.15 bits per heavy atom. The van der Waals surface area contributed by atoms with Crippen molar-refractivity contribution in [1.29, 1.82) is 0 Å². The molecule has 0 aliphatic carbocycles. The zero-order chi connectivity index (χ0) is 24.5. The second kappa shape index (κ2) is 12.1. The Kier molecular flexibility index (Phi) is 8.90. The first-order valence-electron chi connectivity index (χ1n) is 11.7. The Morgan fingerprint density at radius 3 is 2.65 bits per heavy atom. The van der Waals surface area contributed by atoms with Crippen molar-refractivity contribution in [2.24, 2.45) is 5.92 Å². The van der Waals surface area contributed by atoms with Gasteiger partial charge in [-0.2, -0.15) is 5.10 Å². The first kappa shape index (κ1) is 25.1. The standard InChI is InChI=1S/C26H33N3O5/c1-18(2)29(26(32)22-16-21(27-28-22)24-11-7-14-33-24)17-20-9-4-5-10-23(20)34-15-13-19(3)8-6-12-25(30)31/h4-5,7,9-11,14,16,18-19H,6,8,12-13,15,17H2,1-3H3,(H,27,28)(H,30,31)/t19-/m1/s1. The van der Waals surface area contributed by atoms with Crippen LogP contribution in [0.5, 0.6) is 5.75 Å². The summed E-state index contributed by atoms with van der Waals surface area (Å²) in [6.07, 6.45) is 4.14. The number of rotatable bonds is 13. The molecule has 0 saturated heterocycles. The van der Waals surface area contributed by atoms with E-state index in [1.165, 1.54) is 0 Å². The Morgan fingerprint density at radius 2 is 1.94 bits per heavy atom. The van der Waals surface area contributed by atoms with Gasteiger partial charge in [-0.05, 0) is 50.8 Å². The summed E-state index contributed by atoms with van der Waals surface area (Å²) in [6.45, 7) is 6.98. The topological polar surface area (TPSA) is 109 Å². The van der Waals surface area contributed by atoms with Gasteiger partial charge in [-0.1, -0.05) is 31.5 Å². The molecule has 1 aromatic carbocycles. The number of aromatic amines is 1. The van der Waals surface area contributed by atoms with Crippen molar-refractivity contribution in [3.05, 3.63) is 60.0 Å². The van der Waals surface area contributed by atoms with Crippen LogP contribution in [0, 0.1) is 5.92 Å². The molecule has 2 heterocycles. The molecule has 34 heavy (non-hydrogen) atoms. The number of hydrogen-bond donors (Lipinski definition) is 2. The van der Waals surface area contributed by atoms with E-state index >= 15 is 0 Å². The molecule has 0 radical (unpaired) electrons. The fraction of sp³-hybridized carbons (Fsp3) is 0.423. The summed E-state index contributed by atoms with van der Waals surface area (Å²) in [4.78, 5) is 25.7. The average molecular weight is 468 g/mol. The van der Waals surface area contributed by atoms with E-state index in [0.717, 1.165) is 24.2 Å². The van der Waals surface area contributed by atoms with Gasteiger partial charge in [-0.3, -0.25) is 14.7 Å². The van der Waals surface area contributed by atoms with Gasteiger partial charge >= 0.3 is 5.97 Å². The molecule has 0 aliphatic rings. The van der Waals surface area contributed by atoms with Gasteiger partial charge in [-0.25, -0.2) is 0 Å². The van der Waals surface area contributed by atoms with Crippen molar-refractivity contribution in [3.63, 3.8) is 0 Å². The minimum absolute atomic E-state index is 0.0430. The number of para-hydroxylation sites is 1. The van der Waals surface area contributed by atoms with Gasteiger partial charge in [0.25, 0.3) is 5.91 Å². The first-order valence-corrected chi connectivity index (χ1v) is 11.7. The van der Waals surface area contributed by atoms with Crippen molar-refractivity contribution in [2.45, 2.75) is 59.0 Å². The molecule has 0 fully saturated rings. The van der Waals surface area contributed by atoms with Gasteiger partial charge in [0.15, 0.2) is 11.5 Å². The van der Waals surface area contributed by atoms with E-state index < -0.39 is 5.97 Å². The van der Waals surface area contributed by atoms with Gasteiger partial charge in [0.2, 0.25) is 0 Å². The fourth-order valence-electron chi connectivity index (χ4n) is 3.70. The number of nitrogens with one attached hydrogen (secondary N) is 1. The van der Waals surface area contributed by atoms with Crippen molar-refractivity contribution in [2.75, 3.05) is 6.61 Å². The van der Waals surface area contributed by atoms with Crippen LogP contribution >= 0.6 is 0 Å². The van der Waals surface area contributed by atoms with Crippen LogP contribution in [0.3, 0.4) is 0 Å². The SMILES string of the molecule is CC(C)N(Cc1ccccc1OCC[C@H](C)CCCC(=O)O)C(=O)c1cc(-c2ccco2)[nH]n1. The molecular weight excluding hydrogens is 434 g/mol. The second-order valence-electron chi connectivity index (χ2n) is 8.81. The molecule has 0 unspecified atom stereocenters. The van der Waals surface area contributed by atoms with E-state index in [2.05, 4.69) is 17.1 Å². The van der Waals surface area contributed by atoms with Gasteiger partial charge in [0.1, 0.15) is 11.4 Å². The Labute approximate surface area is 199 Å². The highest BCUT2D eigenvalue weighted by Crippen LogP contribution is 2.24. The quantitative estimate of drug-likeness (QED) is 0.349. The van der Waals surface area contributed by atoms with Crippen LogP contribution in [0.2, 0.25) is 0 Å². The predicted molar refractivity (Wildman–Crippen MR) is 129 cm³/mol. The molecule has 8 heteroatoms. The number of H-pyrrole nitrogens is 1. The normalized spacial score (nSPS) is 12.0. The predicted octanol–water partition coefficient (Wildman–Crippen LogP) is 5.38. The number of carboxylic acids is 1. The second-order valence-corrected chi connectivity index (χ2v) is 8.81. The summed E-state index contributed by atoms with van der Waals surface area (Å²) in [5, 5.41) is 15.9. The number of furan rings is 1. The van der Waals surface area contributed by atoms with E-state index in [0.29, 0.717) is 42.6 Å². The maximum Gasteiger partial charge on any atom is 0.303 e. The van der Waals surface area contributed by atoms with Crippen LogP contribution in [0.1, 0.15) is 62.5 Å². The zero-order valence-corrected chi connectivity index (χ0v) is 20.0. The lowest BCUT2D eigenvalue weighted by Crippen LogP contribution is -2.36. The number of carbonyl (C=O) groups excluding carboxylic acids is 1. The lowest BCUT2D eigenvalue weighted by Gasteiger charge is -2.27. The minimum atomic E-state index is -0.756. The lowest BCUT2D eigenvalue weighted by atomic mass is 10.0. The van der Waals surface area contributed by atoms with E-state index in [9.17, 15) is 9.59 Å². The summed E-state index contributed by atoms with van der Waals surface area (Å²) < 4.78 is 11.4. The van der Waals surface area contributed by atoms with Crippen molar-refractivity contribution >= 4 is 11.9 Å². The van der Waals surface area contributed by atoms with Gasteiger partial charge in [-0.15, -0.1) is 0 Å². The molecule has 2 N–H and O–H groups in total. The monoisotopic (exact) mass is 467 g/mol. The summed E-state index contributed by atoms with van der Waals surface area (Å²) in [6, 6.07) is 13.0. The molecule has 0 aliphatic heterocycles. The third kappa shape index (κ3) is 6.97. The molecule has 8 nitrogen and oxygen atoms in total. The molecule has 182 valence electrons. The zero-order valence-electron chi connectivity index (χ0n) is 20.0. The molecule has 2 aromatic heterocycles. The minimum Gasteiger partial charge on any atom is -0.493 e. The van der Waals surface area contributed by atoms with E-state index in [4.69, 9.17) is 14.3 Å². The number of carbonyl (C=O) groups is 2. The summed E-state index contributed by atoms with van der Waals surface area (Å²) >= 11 is 0. The summed E-state index contributed by atoms with van der Waals surface area (Å²) in [5.74, 6) is 0.818. The van der Waals surface area contributed by atoms with Gasteiger partial charge in [0.05, 0.1) is 12.9 Å². The van der Waals surface area contributed by atoms with Crippen LogP contribution in [-0.4, -0.2) is 44.7 Å². The third-order valence-electron chi connectivity index (χ3n) is 5.74. The van der Waals surface area contributed by atoms with Crippen LogP contribution in [-0.2, 0) is 11.3 Å². The third-order valence-corrected chi connectivity index (χ3v) is 5.74. The molecular formula is C26H33N3O5. The molecule has 0 bridgehead atoms. The van der Waals surface area contributed by atoms with Crippen LogP contribution in [0.25, 0.3) is 11.5 Å². The van der Waals surface area contributed by atoms with E-state index in [1.54, 1.807) is 23.3 Å². The number of ether oxygens (including phenoxy) is 1. The summed E-state index contributed by atoms with van der Waals surface area (Å²) in [7, 11) is 0. The van der Waals surface area contributed by atoms with Crippen molar-refractivity contribution in [3.8, 4) is 17.2 Å². The summed E-state index contributed by atoms with van der Waals surface area (Å²) in [5.41, 5.74) is 1.90. The number of nitrogens with zero attached hydrogens (tertiary/aromatic N) is 2. The molecule has 1 atom stereocenters. The van der Waals surface area contributed by atoms with Crippen LogP contribution in [0.4, 0.5) is 0 Å². The van der Waals surface area contributed by atoms with E-state index in [1.807, 2.05) is 44.2 Å². The highest BCUT2D eigenvalue weighted by molar-refractivity contribution is 5.93. The molecule has 3 rings (SSSR count). The average Bonchev–Trinajstić information content (AvgIpc) is 3.49. The first-order chi connectivity index (χ1) is 16.3.